The van der Waals surface area contributed by atoms with Crippen LogP contribution in [0.25, 0.3) is 0 Å². The number of nitrogens with zero attached hydrogens (tertiary/aromatic N) is 1. The lowest BCUT2D eigenvalue weighted by Gasteiger charge is -2.30. The predicted octanol–water partition coefficient (Wildman–Crippen LogP) is 1.55. The zero-order valence-electron chi connectivity index (χ0n) is 7.35. The Balaban J connectivity index is 3.63. The van der Waals surface area contributed by atoms with Gasteiger partial charge in [-0.1, -0.05) is 6.92 Å². The van der Waals surface area contributed by atoms with Gasteiger partial charge in [-0.3, -0.25) is 0 Å². The van der Waals surface area contributed by atoms with Crippen LogP contribution in [0.2, 0.25) is 0 Å². The van der Waals surface area contributed by atoms with Crippen LogP contribution in [-0.2, 0) is 4.52 Å². The topological polar surface area (TPSA) is 9.23 Å². The van der Waals surface area contributed by atoms with Gasteiger partial charge >= 0.3 is 0 Å². The molecule has 0 aliphatic rings. The summed E-state index contributed by atoms with van der Waals surface area (Å²) in [6.07, 6.45) is 1.38. The summed E-state index contributed by atoms with van der Waals surface area (Å²) < 4.78 is 6.01. The highest BCUT2D eigenvalue weighted by Crippen LogP contribution is 2.06. The molecule has 0 N–H and O–H groups in total. The lowest BCUT2D eigenvalue weighted by Crippen LogP contribution is -2.41. The molecule has 3 heteroatoms. The van der Waals surface area contributed by atoms with Gasteiger partial charge < -0.3 is 18.5 Å². The first-order valence-corrected chi connectivity index (χ1v) is 4.03. The molecule has 0 heterocycles. The van der Waals surface area contributed by atoms with Crippen molar-refractivity contribution >= 4 is 9.47 Å². The fourth-order valence-corrected chi connectivity index (χ4v) is 1.10. The number of likely N-dealkylation sites (N-methyl/N-ethyl adjacent to an activating group) is 1. The summed E-state index contributed by atoms with van der Waals surface area (Å²) in [5.74, 6) is 0. The third-order valence-electron chi connectivity index (χ3n) is 1.37. The van der Waals surface area contributed by atoms with Crippen LogP contribution >= 0.6 is 9.47 Å². The van der Waals surface area contributed by atoms with Crippen LogP contribution < -0.4 is 0 Å². The molecule has 0 spiro atoms. The Morgan fingerprint density at radius 2 is 1.90 bits per heavy atom. The van der Waals surface area contributed by atoms with Crippen molar-refractivity contribution in [2.45, 2.75) is 19.4 Å². The summed E-state index contributed by atoms with van der Waals surface area (Å²) in [7, 11) is 9.55. The third-order valence-corrected chi connectivity index (χ3v) is 1.71. The maximum atomic E-state index is 5.07. The molecule has 0 saturated carbocycles. The van der Waals surface area contributed by atoms with E-state index in [0.29, 0.717) is 6.10 Å². The SMILES string of the molecule is CCC(C[N+](C)(C)C)O[PH-]. The molecule has 1 atom stereocenters. The van der Waals surface area contributed by atoms with Crippen LogP contribution in [0.15, 0.2) is 0 Å². The normalized spacial score (nSPS) is 15.3. The second-order valence-electron chi connectivity index (χ2n) is 3.62. The molecule has 0 aliphatic heterocycles. The Hall–Kier alpha value is 0.350. The molecule has 62 valence electrons. The average molecular weight is 163 g/mol. The molecular formula is C7H18NOP. The van der Waals surface area contributed by atoms with E-state index in [4.69, 9.17) is 4.52 Å². The highest BCUT2D eigenvalue weighted by Gasteiger charge is 2.12. The molecule has 0 amide bonds. The average Bonchev–Trinajstić information content (AvgIpc) is 1.81. The molecule has 1 unspecified atom stereocenters. The second-order valence-corrected chi connectivity index (χ2v) is 3.86. The number of hydrogen-bond donors (Lipinski definition) is 0. The van der Waals surface area contributed by atoms with Crippen LogP contribution in [0, 0.1) is 0 Å². The van der Waals surface area contributed by atoms with Crippen LogP contribution in [0.1, 0.15) is 13.3 Å². The van der Waals surface area contributed by atoms with Gasteiger partial charge in [0.2, 0.25) is 0 Å². The van der Waals surface area contributed by atoms with Gasteiger partial charge in [0.05, 0.1) is 27.2 Å². The summed E-state index contributed by atoms with van der Waals surface area (Å²) in [6.45, 7) is 3.17. The summed E-state index contributed by atoms with van der Waals surface area (Å²) in [4.78, 5) is 0. The van der Waals surface area contributed by atoms with Crippen molar-refractivity contribution < 1.29 is 9.01 Å². The fraction of sp³-hybridized carbons (Fsp3) is 1.00. The Labute approximate surface area is 66.4 Å². The van der Waals surface area contributed by atoms with Gasteiger partial charge in [-0.25, -0.2) is 0 Å². The molecule has 0 aromatic heterocycles. The van der Waals surface area contributed by atoms with Crippen molar-refractivity contribution in [3.05, 3.63) is 0 Å². The lowest BCUT2D eigenvalue weighted by molar-refractivity contribution is -0.873. The van der Waals surface area contributed by atoms with Crippen molar-refractivity contribution in [2.75, 3.05) is 27.7 Å². The quantitative estimate of drug-likeness (QED) is 0.451. The van der Waals surface area contributed by atoms with E-state index in [2.05, 4.69) is 37.5 Å². The number of quaternary nitrogens is 1. The van der Waals surface area contributed by atoms with E-state index in [-0.39, 0.29) is 0 Å². The minimum absolute atomic E-state index is 0.330. The molecule has 0 rings (SSSR count). The van der Waals surface area contributed by atoms with E-state index in [1.54, 1.807) is 0 Å². The molecule has 0 saturated heterocycles. The first-order chi connectivity index (χ1) is 4.49. The monoisotopic (exact) mass is 163 g/mol. The Morgan fingerprint density at radius 1 is 1.40 bits per heavy atom. The summed E-state index contributed by atoms with van der Waals surface area (Å²) >= 11 is 0. The Bertz CT molecular complexity index is 86.1. The van der Waals surface area contributed by atoms with Crippen LogP contribution in [0.5, 0.6) is 0 Å². The summed E-state index contributed by atoms with van der Waals surface area (Å²) in [6, 6.07) is 0. The van der Waals surface area contributed by atoms with Crippen molar-refractivity contribution in [2.24, 2.45) is 0 Å². The molecule has 0 fully saturated rings. The molecule has 0 bridgehead atoms. The molecule has 0 aromatic carbocycles. The van der Waals surface area contributed by atoms with E-state index in [1.165, 1.54) is 0 Å². The molecule has 2 nitrogen and oxygen atoms in total. The van der Waals surface area contributed by atoms with Crippen LogP contribution in [0.4, 0.5) is 0 Å². The number of hydrogen-bond acceptors (Lipinski definition) is 1. The van der Waals surface area contributed by atoms with E-state index < -0.39 is 0 Å². The largest absolute Gasteiger partial charge is 0.554 e. The van der Waals surface area contributed by atoms with Gasteiger partial charge in [-0.2, -0.15) is 0 Å². The van der Waals surface area contributed by atoms with Crippen molar-refractivity contribution in [3.63, 3.8) is 0 Å². The molecule has 10 heavy (non-hydrogen) atoms. The van der Waals surface area contributed by atoms with Crippen molar-refractivity contribution in [1.82, 2.24) is 0 Å². The van der Waals surface area contributed by atoms with E-state index in [1.807, 2.05) is 0 Å². The highest BCUT2D eigenvalue weighted by atomic mass is 31.0. The van der Waals surface area contributed by atoms with Crippen LogP contribution in [-0.4, -0.2) is 38.3 Å². The first kappa shape index (κ1) is 10.3. The lowest BCUT2D eigenvalue weighted by atomic mass is 10.2. The Kier molecular flexibility index (Phi) is 4.42. The predicted molar refractivity (Wildman–Crippen MR) is 46.4 cm³/mol. The van der Waals surface area contributed by atoms with E-state index in [9.17, 15) is 0 Å². The fourth-order valence-electron chi connectivity index (χ4n) is 0.861. The summed E-state index contributed by atoms with van der Waals surface area (Å²) in [5.41, 5.74) is 0. The maximum absolute atomic E-state index is 5.07. The van der Waals surface area contributed by atoms with Gasteiger partial charge in [-0.15, -0.1) is 0 Å². The van der Waals surface area contributed by atoms with Gasteiger partial charge in [-0.05, 0) is 6.42 Å². The smallest absolute Gasteiger partial charge is 0.102 e. The maximum Gasteiger partial charge on any atom is 0.102 e. The second kappa shape index (κ2) is 4.27. The minimum atomic E-state index is 0.330. The molecule has 0 aromatic rings. The van der Waals surface area contributed by atoms with Crippen molar-refractivity contribution in [1.29, 1.82) is 0 Å². The zero-order valence-corrected chi connectivity index (χ0v) is 8.35. The Morgan fingerprint density at radius 3 is 2.00 bits per heavy atom. The molecule has 0 aliphatic carbocycles. The van der Waals surface area contributed by atoms with Crippen LogP contribution in [0.3, 0.4) is 0 Å². The van der Waals surface area contributed by atoms with Gasteiger partial charge in [0.15, 0.2) is 0 Å². The van der Waals surface area contributed by atoms with Gasteiger partial charge in [0.1, 0.15) is 6.54 Å². The number of rotatable bonds is 4. The molecule has 0 radical (unpaired) electrons. The summed E-state index contributed by atoms with van der Waals surface area (Å²) in [5, 5.41) is 0. The first-order valence-electron chi connectivity index (χ1n) is 3.62. The van der Waals surface area contributed by atoms with Gasteiger partial charge in [0, 0.05) is 0 Å². The van der Waals surface area contributed by atoms with Crippen molar-refractivity contribution in [3.8, 4) is 0 Å². The standard InChI is InChI=1S/C7H18NOP/c1-5-7(9-10)6-8(2,3)4/h7,10H,5-6H2,1-4H3. The van der Waals surface area contributed by atoms with E-state index in [0.717, 1.165) is 17.4 Å². The zero-order chi connectivity index (χ0) is 8.20. The van der Waals surface area contributed by atoms with Gasteiger partial charge in [0.25, 0.3) is 0 Å². The van der Waals surface area contributed by atoms with E-state index >= 15 is 0 Å². The highest BCUT2D eigenvalue weighted by molar-refractivity contribution is 7.09. The molecular weight excluding hydrogens is 145 g/mol. The third kappa shape index (κ3) is 5.16. The minimum Gasteiger partial charge on any atom is -0.554 e.